The van der Waals surface area contributed by atoms with Gasteiger partial charge in [0.2, 0.25) is 0 Å². The fraction of sp³-hybridized carbons (Fsp3) is 0.636. The van der Waals surface area contributed by atoms with E-state index in [0.29, 0.717) is 0 Å². The van der Waals surface area contributed by atoms with Gasteiger partial charge >= 0.3 is 0 Å². The highest BCUT2D eigenvalue weighted by molar-refractivity contribution is 8.00. The summed E-state index contributed by atoms with van der Waals surface area (Å²) in [6, 6.07) is 0.731. The Morgan fingerprint density at radius 2 is 2.36 bits per heavy atom. The molecule has 0 bridgehead atoms. The predicted octanol–water partition coefficient (Wildman–Crippen LogP) is 3.04. The molecule has 3 heteroatoms. The molecule has 0 amide bonds. The van der Waals surface area contributed by atoms with E-state index in [1.165, 1.54) is 23.3 Å². The molecule has 2 unspecified atom stereocenters. The molecule has 1 saturated heterocycles. The zero-order chi connectivity index (χ0) is 9.97. The van der Waals surface area contributed by atoms with Crippen LogP contribution in [0.4, 0.5) is 0 Å². The van der Waals surface area contributed by atoms with Gasteiger partial charge in [-0.05, 0) is 35.2 Å². The normalized spacial score (nSPS) is 27.0. The van der Waals surface area contributed by atoms with Crippen LogP contribution in [-0.2, 0) is 6.54 Å². The summed E-state index contributed by atoms with van der Waals surface area (Å²) in [5, 5.41) is 8.97. The molecule has 2 heterocycles. The van der Waals surface area contributed by atoms with Crippen LogP contribution in [0.1, 0.15) is 24.5 Å². The van der Waals surface area contributed by atoms with Gasteiger partial charge in [-0.15, -0.1) is 0 Å². The number of thioether (sulfide) groups is 1. The van der Waals surface area contributed by atoms with Gasteiger partial charge < -0.3 is 5.32 Å². The van der Waals surface area contributed by atoms with E-state index in [1.807, 2.05) is 0 Å². The zero-order valence-electron chi connectivity index (χ0n) is 8.75. The van der Waals surface area contributed by atoms with Crippen molar-refractivity contribution < 1.29 is 0 Å². The second-order valence-corrected chi connectivity index (χ2v) is 6.25. The Labute approximate surface area is 94.3 Å². The fourth-order valence-electron chi connectivity index (χ4n) is 1.78. The van der Waals surface area contributed by atoms with Gasteiger partial charge in [-0.25, -0.2) is 0 Å². The molecular weight excluding hydrogens is 210 g/mol. The van der Waals surface area contributed by atoms with Crippen LogP contribution in [0, 0.1) is 6.92 Å². The van der Waals surface area contributed by atoms with Crippen LogP contribution in [0.5, 0.6) is 0 Å². The van der Waals surface area contributed by atoms with Gasteiger partial charge in [0.05, 0.1) is 0 Å². The average molecular weight is 227 g/mol. The standard InChI is InChI=1S/C11H17NS2/c1-8-5-13-6-10(8)4-12-11-3-9(2)14-7-11/h5-6,9,11-12H,3-4,7H2,1-2H3. The number of hydrogen-bond donors (Lipinski definition) is 1. The van der Waals surface area contributed by atoms with Crippen molar-refractivity contribution in [2.45, 2.75) is 38.1 Å². The van der Waals surface area contributed by atoms with Gasteiger partial charge in [0.25, 0.3) is 0 Å². The molecule has 0 saturated carbocycles. The van der Waals surface area contributed by atoms with Crippen molar-refractivity contribution in [1.82, 2.24) is 5.32 Å². The third kappa shape index (κ3) is 2.53. The quantitative estimate of drug-likeness (QED) is 0.852. The number of aryl methyl sites for hydroxylation is 1. The lowest BCUT2D eigenvalue weighted by molar-refractivity contribution is 0.538. The predicted molar refractivity (Wildman–Crippen MR) is 66.2 cm³/mol. The zero-order valence-corrected chi connectivity index (χ0v) is 10.4. The first-order chi connectivity index (χ1) is 6.75. The topological polar surface area (TPSA) is 12.0 Å². The third-order valence-corrected chi connectivity index (χ3v) is 5.01. The summed E-state index contributed by atoms with van der Waals surface area (Å²) in [4.78, 5) is 0. The Morgan fingerprint density at radius 1 is 1.50 bits per heavy atom. The van der Waals surface area contributed by atoms with Crippen LogP contribution in [0.15, 0.2) is 10.8 Å². The highest BCUT2D eigenvalue weighted by atomic mass is 32.2. The third-order valence-electron chi connectivity index (χ3n) is 2.74. The smallest absolute Gasteiger partial charge is 0.0219 e. The lowest BCUT2D eigenvalue weighted by Crippen LogP contribution is -2.28. The largest absolute Gasteiger partial charge is 0.309 e. The molecular formula is C11H17NS2. The van der Waals surface area contributed by atoms with E-state index in [4.69, 9.17) is 0 Å². The highest BCUT2D eigenvalue weighted by Crippen LogP contribution is 2.26. The van der Waals surface area contributed by atoms with Crippen LogP contribution in [0.3, 0.4) is 0 Å². The van der Waals surface area contributed by atoms with Gasteiger partial charge in [-0.3, -0.25) is 0 Å². The SMILES string of the molecule is Cc1cscc1CNC1CSC(C)C1. The van der Waals surface area contributed by atoms with Crippen molar-refractivity contribution in [3.8, 4) is 0 Å². The van der Waals surface area contributed by atoms with Crippen molar-refractivity contribution in [3.63, 3.8) is 0 Å². The monoisotopic (exact) mass is 227 g/mol. The molecule has 0 aromatic carbocycles. The molecule has 1 aromatic rings. The lowest BCUT2D eigenvalue weighted by Gasteiger charge is -2.11. The van der Waals surface area contributed by atoms with E-state index in [9.17, 15) is 0 Å². The Hall–Kier alpha value is 0.01000. The Morgan fingerprint density at radius 3 is 2.93 bits per heavy atom. The summed E-state index contributed by atoms with van der Waals surface area (Å²) in [5.41, 5.74) is 2.90. The van der Waals surface area contributed by atoms with Crippen LogP contribution in [0.25, 0.3) is 0 Å². The second kappa shape index (κ2) is 4.69. The molecule has 1 aliphatic rings. The van der Waals surface area contributed by atoms with E-state index in [2.05, 4.69) is 41.7 Å². The first kappa shape index (κ1) is 10.5. The molecule has 1 N–H and O–H groups in total. The number of hydrogen-bond acceptors (Lipinski definition) is 3. The van der Waals surface area contributed by atoms with Crippen LogP contribution in [0.2, 0.25) is 0 Å². The first-order valence-electron chi connectivity index (χ1n) is 5.12. The Kier molecular flexibility index (Phi) is 3.52. The number of thiophene rings is 1. The minimum Gasteiger partial charge on any atom is -0.309 e. The summed E-state index contributed by atoms with van der Waals surface area (Å²) in [5.74, 6) is 1.28. The van der Waals surface area contributed by atoms with Crippen molar-refractivity contribution in [3.05, 3.63) is 21.9 Å². The molecule has 1 nitrogen and oxygen atoms in total. The highest BCUT2D eigenvalue weighted by Gasteiger charge is 2.21. The fourth-order valence-corrected chi connectivity index (χ4v) is 3.82. The molecule has 0 spiro atoms. The minimum atomic E-state index is 0.731. The number of rotatable bonds is 3. The molecule has 14 heavy (non-hydrogen) atoms. The Balaban J connectivity index is 1.80. The second-order valence-electron chi connectivity index (χ2n) is 4.04. The summed E-state index contributed by atoms with van der Waals surface area (Å²) >= 11 is 3.89. The van der Waals surface area contributed by atoms with Crippen molar-refractivity contribution in [2.75, 3.05) is 5.75 Å². The summed E-state index contributed by atoms with van der Waals surface area (Å²) in [6.45, 7) is 5.56. The Bertz CT molecular complexity index is 295. The maximum absolute atomic E-state index is 3.64. The lowest BCUT2D eigenvalue weighted by atomic mass is 10.1. The van der Waals surface area contributed by atoms with E-state index >= 15 is 0 Å². The van der Waals surface area contributed by atoms with Crippen molar-refractivity contribution in [2.24, 2.45) is 0 Å². The number of nitrogens with one attached hydrogen (secondary N) is 1. The van der Waals surface area contributed by atoms with Crippen LogP contribution < -0.4 is 5.32 Å². The van der Waals surface area contributed by atoms with Crippen LogP contribution >= 0.6 is 23.1 Å². The molecule has 0 aliphatic carbocycles. The molecule has 1 aliphatic heterocycles. The molecule has 2 rings (SSSR count). The molecule has 1 fully saturated rings. The first-order valence-corrected chi connectivity index (χ1v) is 7.11. The maximum Gasteiger partial charge on any atom is 0.0219 e. The summed E-state index contributed by atoms with van der Waals surface area (Å²) < 4.78 is 0. The van der Waals surface area contributed by atoms with E-state index in [-0.39, 0.29) is 0 Å². The van der Waals surface area contributed by atoms with Crippen LogP contribution in [-0.4, -0.2) is 17.0 Å². The van der Waals surface area contributed by atoms with Gasteiger partial charge in [0.15, 0.2) is 0 Å². The van der Waals surface area contributed by atoms with Gasteiger partial charge in [0.1, 0.15) is 0 Å². The van der Waals surface area contributed by atoms with E-state index < -0.39 is 0 Å². The van der Waals surface area contributed by atoms with Crippen molar-refractivity contribution >= 4 is 23.1 Å². The average Bonchev–Trinajstić information content (AvgIpc) is 2.72. The van der Waals surface area contributed by atoms with Crippen molar-refractivity contribution in [1.29, 1.82) is 0 Å². The minimum absolute atomic E-state index is 0.731. The molecule has 78 valence electrons. The van der Waals surface area contributed by atoms with Gasteiger partial charge in [-0.2, -0.15) is 23.1 Å². The van der Waals surface area contributed by atoms with E-state index in [0.717, 1.165) is 17.8 Å². The summed E-state index contributed by atoms with van der Waals surface area (Å²) in [7, 11) is 0. The molecule has 2 atom stereocenters. The molecule has 0 radical (unpaired) electrons. The maximum atomic E-state index is 3.64. The van der Waals surface area contributed by atoms with Gasteiger partial charge in [-0.1, -0.05) is 6.92 Å². The molecule has 1 aromatic heterocycles. The van der Waals surface area contributed by atoms with E-state index in [1.54, 1.807) is 11.3 Å². The van der Waals surface area contributed by atoms with Gasteiger partial charge in [0, 0.05) is 23.6 Å². The summed E-state index contributed by atoms with van der Waals surface area (Å²) in [6.07, 6.45) is 1.33.